The summed E-state index contributed by atoms with van der Waals surface area (Å²) in [6, 6.07) is 0. The number of hydrogen-bond donors (Lipinski definition) is 1. The van der Waals surface area contributed by atoms with E-state index in [9.17, 15) is 0 Å². The fourth-order valence-electron chi connectivity index (χ4n) is 2.66. The van der Waals surface area contributed by atoms with Crippen LogP contribution in [0.4, 0.5) is 0 Å². The normalized spacial score (nSPS) is 15.2. The predicted molar refractivity (Wildman–Crippen MR) is 66.0 cm³/mol. The predicted octanol–water partition coefficient (Wildman–Crippen LogP) is 0.511. The number of hydrogen-bond acceptors (Lipinski definition) is 2. The van der Waals surface area contributed by atoms with Crippen LogP contribution >= 0.6 is 0 Å². The average molecular weight is 220 g/mol. The van der Waals surface area contributed by atoms with E-state index < -0.39 is 0 Å². The smallest absolute Gasteiger partial charge is 0.120 e. The summed E-state index contributed by atoms with van der Waals surface area (Å²) < 4.78 is 7.69. The van der Waals surface area contributed by atoms with Crippen LogP contribution in [0.25, 0.3) is 11.5 Å². The van der Waals surface area contributed by atoms with Gasteiger partial charge in [0.15, 0.2) is 0 Å². The third-order valence-corrected chi connectivity index (χ3v) is 3.62. The molecule has 0 spiro atoms. The number of methoxy groups -OCH3 is 1. The van der Waals surface area contributed by atoms with Crippen molar-refractivity contribution < 1.29 is 4.74 Å². The van der Waals surface area contributed by atoms with E-state index in [0.717, 1.165) is 30.7 Å². The van der Waals surface area contributed by atoms with Crippen LogP contribution in [0.3, 0.4) is 0 Å². The van der Waals surface area contributed by atoms with Crippen LogP contribution in [0.1, 0.15) is 31.0 Å². The molecule has 1 aromatic heterocycles. The SMILES string of the molecule is CCc1c(C)n(C)c2c1=C(N)CCC=2OC. The van der Waals surface area contributed by atoms with Crippen LogP contribution in [0, 0.1) is 6.92 Å². The van der Waals surface area contributed by atoms with Crippen LogP contribution in [-0.2, 0) is 18.2 Å². The van der Waals surface area contributed by atoms with Gasteiger partial charge in [-0.2, -0.15) is 0 Å². The Morgan fingerprint density at radius 2 is 2.06 bits per heavy atom. The Morgan fingerprint density at radius 3 is 2.62 bits per heavy atom. The molecule has 0 amide bonds. The van der Waals surface area contributed by atoms with Gasteiger partial charge in [0.2, 0.25) is 0 Å². The lowest BCUT2D eigenvalue weighted by atomic mass is 10.0. The summed E-state index contributed by atoms with van der Waals surface area (Å²) in [4.78, 5) is 0. The first-order valence-electron chi connectivity index (χ1n) is 5.81. The maximum Gasteiger partial charge on any atom is 0.120 e. The molecule has 1 heterocycles. The monoisotopic (exact) mass is 220 g/mol. The Hall–Kier alpha value is -1.38. The Labute approximate surface area is 96.2 Å². The van der Waals surface area contributed by atoms with Crippen LogP contribution < -0.4 is 16.3 Å². The van der Waals surface area contributed by atoms with Crippen molar-refractivity contribution >= 4 is 11.5 Å². The molecule has 2 rings (SSSR count). The summed E-state index contributed by atoms with van der Waals surface area (Å²) >= 11 is 0. The first-order chi connectivity index (χ1) is 7.61. The summed E-state index contributed by atoms with van der Waals surface area (Å²) in [5.74, 6) is 1.06. The molecule has 0 saturated heterocycles. The standard InChI is InChI=1S/C13H20N2O/c1-5-9-8(2)15(3)13-11(16-4)7-6-10(14)12(9)13/h5-7,14H2,1-4H3. The number of nitrogens with two attached hydrogens (primary N) is 1. The Kier molecular flexibility index (Phi) is 2.70. The van der Waals surface area contributed by atoms with Crippen molar-refractivity contribution in [1.82, 2.24) is 4.57 Å². The van der Waals surface area contributed by atoms with Crippen molar-refractivity contribution in [3.05, 3.63) is 21.8 Å². The van der Waals surface area contributed by atoms with Crippen LogP contribution in [0.2, 0.25) is 0 Å². The number of rotatable bonds is 2. The topological polar surface area (TPSA) is 40.2 Å². The number of fused-ring (bicyclic) bond motifs is 1. The lowest BCUT2D eigenvalue weighted by Gasteiger charge is -2.12. The molecule has 1 aromatic rings. The number of ether oxygens (including phenoxy) is 1. The minimum atomic E-state index is 0.909. The van der Waals surface area contributed by atoms with Gasteiger partial charge in [0.25, 0.3) is 0 Å². The van der Waals surface area contributed by atoms with E-state index in [-0.39, 0.29) is 0 Å². The largest absolute Gasteiger partial charge is 0.499 e. The van der Waals surface area contributed by atoms with Gasteiger partial charge in [-0.25, -0.2) is 0 Å². The van der Waals surface area contributed by atoms with Crippen molar-refractivity contribution in [3.63, 3.8) is 0 Å². The molecular weight excluding hydrogens is 200 g/mol. The highest BCUT2D eigenvalue weighted by Crippen LogP contribution is 2.14. The molecule has 16 heavy (non-hydrogen) atoms. The van der Waals surface area contributed by atoms with Gasteiger partial charge in [0.05, 0.1) is 12.5 Å². The highest BCUT2D eigenvalue weighted by Gasteiger charge is 2.17. The molecule has 0 saturated carbocycles. The molecule has 0 unspecified atom stereocenters. The quantitative estimate of drug-likeness (QED) is 0.789. The first-order valence-corrected chi connectivity index (χ1v) is 5.81. The van der Waals surface area contributed by atoms with Gasteiger partial charge in [-0.1, -0.05) is 6.92 Å². The third-order valence-electron chi connectivity index (χ3n) is 3.62. The zero-order valence-corrected chi connectivity index (χ0v) is 10.6. The van der Waals surface area contributed by atoms with E-state index in [1.54, 1.807) is 7.11 Å². The van der Waals surface area contributed by atoms with E-state index in [2.05, 4.69) is 25.5 Å². The van der Waals surface area contributed by atoms with Gasteiger partial charge < -0.3 is 15.0 Å². The first kappa shape index (κ1) is 11.1. The van der Waals surface area contributed by atoms with Crippen molar-refractivity contribution in [2.75, 3.05) is 7.11 Å². The lowest BCUT2D eigenvalue weighted by Crippen LogP contribution is -2.38. The molecule has 3 nitrogen and oxygen atoms in total. The lowest BCUT2D eigenvalue weighted by molar-refractivity contribution is 0.345. The van der Waals surface area contributed by atoms with Gasteiger partial charge in [0.1, 0.15) is 5.76 Å². The van der Waals surface area contributed by atoms with E-state index >= 15 is 0 Å². The maximum absolute atomic E-state index is 6.16. The molecule has 0 aliphatic heterocycles. The van der Waals surface area contributed by atoms with Crippen molar-refractivity contribution in [1.29, 1.82) is 0 Å². The molecule has 0 bridgehead atoms. The highest BCUT2D eigenvalue weighted by molar-refractivity contribution is 5.54. The second-order valence-electron chi connectivity index (χ2n) is 4.35. The molecule has 1 aliphatic rings. The second-order valence-corrected chi connectivity index (χ2v) is 4.35. The number of nitrogens with zero attached hydrogens (tertiary/aromatic N) is 1. The molecular formula is C13H20N2O. The molecule has 2 N–H and O–H groups in total. The summed E-state index contributed by atoms with van der Waals surface area (Å²) in [6.07, 6.45) is 2.84. The van der Waals surface area contributed by atoms with E-state index in [1.165, 1.54) is 21.8 Å². The summed E-state index contributed by atoms with van der Waals surface area (Å²) in [6.45, 7) is 4.33. The number of aromatic nitrogens is 1. The van der Waals surface area contributed by atoms with Crippen molar-refractivity contribution in [2.24, 2.45) is 12.8 Å². The average Bonchev–Trinajstić information content (AvgIpc) is 2.54. The second kappa shape index (κ2) is 3.89. The molecule has 0 fully saturated rings. The molecule has 0 atom stereocenters. The summed E-state index contributed by atoms with van der Waals surface area (Å²) in [5, 5.41) is 2.41. The fraction of sp³-hybridized carbons (Fsp3) is 0.538. The maximum atomic E-state index is 6.16. The van der Waals surface area contributed by atoms with Crippen molar-refractivity contribution in [2.45, 2.75) is 33.1 Å². The highest BCUT2D eigenvalue weighted by atomic mass is 16.5. The molecule has 3 heteroatoms. The van der Waals surface area contributed by atoms with Gasteiger partial charge in [-0.3, -0.25) is 0 Å². The Balaban J connectivity index is 3.00. The Bertz CT molecular complexity index is 537. The Morgan fingerprint density at radius 1 is 1.38 bits per heavy atom. The van der Waals surface area contributed by atoms with Crippen LogP contribution in [0.15, 0.2) is 0 Å². The zero-order valence-electron chi connectivity index (χ0n) is 10.6. The van der Waals surface area contributed by atoms with Crippen LogP contribution in [-0.4, -0.2) is 11.7 Å². The van der Waals surface area contributed by atoms with Crippen molar-refractivity contribution in [3.8, 4) is 0 Å². The third kappa shape index (κ3) is 1.34. The molecule has 88 valence electrons. The minimum Gasteiger partial charge on any atom is -0.499 e. The summed E-state index contributed by atoms with van der Waals surface area (Å²) in [5.41, 5.74) is 9.83. The van der Waals surface area contributed by atoms with E-state index in [0.29, 0.717) is 0 Å². The van der Waals surface area contributed by atoms with Gasteiger partial charge in [-0.15, -0.1) is 0 Å². The van der Waals surface area contributed by atoms with Gasteiger partial charge >= 0.3 is 0 Å². The molecule has 0 radical (unpaired) electrons. The van der Waals surface area contributed by atoms with E-state index in [1.807, 2.05) is 0 Å². The van der Waals surface area contributed by atoms with Crippen LogP contribution in [0.5, 0.6) is 0 Å². The minimum absolute atomic E-state index is 0.909. The van der Waals surface area contributed by atoms with Gasteiger partial charge in [-0.05, 0) is 25.3 Å². The zero-order chi connectivity index (χ0) is 11.9. The fourth-order valence-corrected chi connectivity index (χ4v) is 2.66. The molecule has 0 aromatic carbocycles. The molecule has 1 aliphatic carbocycles. The van der Waals surface area contributed by atoms with Gasteiger partial charge in [0, 0.05) is 30.1 Å². The van der Waals surface area contributed by atoms with E-state index in [4.69, 9.17) is 10.5 Å². The summed E-state index contributed by atoms with van der Waals surface area (Å²) in [7, 11) is 3.83.